The lowest BCUT2D eigenvalue weighted by Crippen LogP contribution is -2.46. The van der Waals surface area contributed by atoms with Gasteiger partial charge >= 0.3 is 5.97 Å². The molecule has 0 radical (unpaired) electrons. The van der Waals surface area contributed by atoms with Crippen LogP contribution in [0.1, 0.15) is 52.7 Å². The summed E-state index contributed by atoms with van der Waals surface area (Å²) in [5.41, 5.74) is 2.62. The molecule has 55 heavy (non-hydrogen) atoms. The number of carbonyl (C=O) groups is 6. The molecule has 5 N–H and O–H groups in total. The van der Waals surface area contributed by atoms with Gasteiger partial charge in [0.1, 0.15) is 23.9 Å². The first-order chi connectivity index (χ1) is 26.2. The minimum absolute atomic E-state index is 0.0470. The number of nitrogens with one attached hydrogen (secondary N) is 3. The topological polar surface area (TPSA) is 228 Å². The van der Waals surface area contributed by atoms with Gasteiger partial charge in [-0.2, -0.15) is 5.26 Å². The third kappa shape index (κ3) is 11.0. The van der Waals surface area contributed by atoms with Gasteiger partial charge in [0.15, 0.2) is 0 Å². The van der Waals surface area contributed by atoms with Crippen LogP contribution < -0.4 is 16.0 Å². The maximum Gasteiger partial charge on any atom is 0.326 e. The van der Waals surface area contributed by atoms with Gasteiger partial charge in [-0.15, -0.1) is 0 Å². The standard InChI is InChI=1S/C37H42F2N6O10/c38-37(39)17-27(18-40)45(21-37)35(51)29-15-25(34(50)43-29)16-32(48)44-19-24-4-3-23(14-26(24)20-44)33(49)41-8-10-55-12-11-54-9-7-31(47)42-30(36(52)53)13-22-1-5-28(46)6-2-22/h1-6,14,25,27,29-30,46H,7-13,15-17,19-21H2,(H,41,49)(H,42,47)(H,43,50)(H,52,53)/t25-,27-,29-,30-/m0/s1. The predicted octanol–water partition coefficient (Wildman–Crippen LogP) is 0.854. The van der Waals surface area contributed by atoms with Crippen LogP contribution >= 0.6 is 0 Å². The van der Waals surface area contributed by atoms with Gasteiger partial charge in [-0.25, -0.2) is 13.6 Å². The highest BCUT2D eigenvalue weighted by molar-refractivity contribution is 5.95. The van der Waals surface area contributed by atoms with Crippen molar-refractivity contribution in [3.8, 4) is 11.8 Å². The van der Waals surface area contributed by atoms with Crippen molar-refractivity contribution in [2.75, 3.05) is 39.5 Å². The molecule has 2 aromatic carbocycles. The number of halogens is 2. The molecular formula is C37H42F2N6O10. The number of hydrogen-bond acceptors (Lipinski definition) is 10. The molecule has 0 spiro atoms. The molecule has 3 heterocycles. The van der Waals surface area contributed by atoms with E-state index in [9.17, 15) is 53.0 Å². The van der Waals surface area contributed by atoms with Crippen molar-refractivity contribution in [1.29, 1.82) is 5.26 Å². The van der Waals surface area contributed by atoms with E-state index < -0.39 is 66.6 Å². The second-order valence-corrected chi connectivity index (χ2v) is 13.7. The van der Waals surface area contributed by atoms with E-state index in [0.717, 1.165) is 16.0 Å². The molecule has 3 aliphatic heterocycles. The molecule has 0 bridgehead atoms. The Hall–Kier alpha value is -5.67. The van der Waals surface area contributed by atoms with Gasteiger partial charge in [0.2, 0.25) is 23.6 Å². The number of phenols is 1. The largest absolute Gasteiger partial charge is 0.508 e. The monoisotopic (exact) mass is 768 g/mol. The molecule has 2 fully saturated rings. The van der Waals surface area contributed by atoms with Crippen molar-refractivity contribution >= 4 is 35.5 Å². The number of nitrogens with zero attached hydrogens (tertiary/aromatic N) is 3. The summed E-state index contributed by atoms with van der Waals surface area (Å²) in [5, 5.41) is 35.7. The summed E-state index contributed by atoms with van der Waals surface area (Å²) in [7, 11) is 0. The molecule has 2 saturated heterocycles. The molecule has 2 aromatic rings. The van der Waals surface area contributed by atoms with E-state index in [1.807, 2.05) is 0 Å². The first-order valence-corrected chi connectivity index (χ1v) is 17.7. The molecule has 0 aromatic heterocycles. The molecule has 5 amide bonds. The maximum absolute atomic E-state index is 13.8. The van der Waals surface area contributed by atoms with Gasteiger partial charge in [-0.05, 0) is 47.4 Å². The average Bonchev–Trinajstić information content (AvgIpc) is 3.84. The van der Waals surface area contributed by atoms with Crippen LogP contribution in [0.3, 0.4) is 0 Å². The fourth-order valence-electron chi connectivity index (χ4n) is 6.65. The summed E-state index contributed by atoms with van der Waals surface area (Å²) in [6.45, 7) is 0.377. The SMILES string of the molecule is N#C[C@@H]1CC(F)(F)CN1C(=O)[C@@H]1C[C@@H](CC(=O)N2Cc3ccc(C(=O)NCCOCCOCCC(=O)N[C@@H](Cc4ccc(O)cc4)C(=O)O)cc3C2)C(=O)N1. The van der Waals surface area contributed by atoms with Crippen molar-refractivity contribution < 1.29 is 57.2 Å². The lowest BCUT2D eigenvalue weighted by Gasteiger charge is -2.22. The number of aliphatic carboxylic acids is 1. The van der Waals surface area contributed by atoms with E-state index in [0.29, 0.717) is 11.1 Å². The van der Waals surface area contributed by atoms with E-state index in [2.05, 4.69) is 16.0 Å². The minimum Gasteiger partial charge on any atom is -0.508 e. The van der Waals surface area contributed by atoms with Gasteiger partial charge in [0.25, 0.3) is 11.8 Å². The van der Waals surface area contributed by atoms with Crippen molar-refractivity contribution in [3.63, 3.8) is 0 Å². The molecule has 0 aliphatic carbocycles. The summed E-state index contributed by atoms with van der Waals surface area (Å²) in [6.07, 6.45) is -1.00. The molecule has 3 aliphatic rings. The van der Waals surface area contributed by atoms with Crippen molar-refractivity contribution in [2.45, 2.75) is 69.2 Å². The van der Waals surface area contributed by atoms with Gasteiger partial charge in [-0.1, -0.05) is 18.2 Å². The number of hydrogen-bond donors (Lipinski definition) is 5. The number of carboxylic acid groups (broad SMARTS) is 1. The summed E-state index contributed by atoms with van der Waals surface area (Å²) >= 11 is 0. The molecule has 4 atom stereocenters. The molecule has 16 nitrogen and oxygen atoms in total. The smallest absolute Gasteiger partial charge is 0.326 e. The van der Waals surface area contributed by atoms with Crippen molar-refractivity contribution in [1.82, 2.24) is 25.8 Å². The number of ether oxygens (including phenoxy) is 2. The number of likely N-dealkylation sites (tertiary alicyclic amines) is 1. The van der Waals surface area contributed by atoms with E-state index >= 15 is 0 Å². The van der Waals surface area contributed by atoms with Crippen LogP contribution in [0.5, 0.6) is 5.75 Å². The number of carboxylic acids is 1. The number of amides is 5. The summed E-state index contributed by atoms with van der Waals surface area (Å²) in [6, 6.07) is 9.28. The number of rotatable bonds is 17. The number of phenolic OH excluding ortho intramolecular Hbond substituents is 1. The van der Waals surface area contributed by atoms with Crippen LogP contribution in [0.25, 0.3) is 0 Å². The number of aromatic hydroxyl groups is 1. The Morgan fingerprint density at radius 1 is 1.02 bits per heavy atom. The zero-order valence-electron chi connectivity index (χ0n) is 29.8. The number of carbonyl (C=O) groups excluding carboxylic acids is 5. The first kappa shape index (κ1) is 40.5. The molecule has 5 rings (SSSR count). The van der Waals surface area contributed by atoms with Crippen LogP contribution in [0.15, 0.2) is 42.5 Å². The highest BCUT2D eigenvalue weighted by Gasteiger charge is 2.50. The molecule has 0 unspecified atom stereocenters. The number of nitriles is 1. The van der Waals surface area contributed by atoms with Gasteiger partial charge in [0.05, 0.1) is 39.0 Å². The van der Waals surface area contributed by atoms with Crippen LogP contribution in [0.4, 0.5) is 8.78 Å². The van der Waals surface area contributed by atoms with E-state index in [-0.39, 0.29) is 89.3 Å². The minimum atomic E-state index is -3.19. The Kier molecular flexibility index (Phi) is 13.3. The number of benzene rings is 2. The van der Waals surface area contributed by atoms with Crippen molar-refractivity contribution in [2.24, 2.45) is 5.92 Å². The third-order valence-electron chi connectivity index (χ3n) is 9.56. The highest BCUT2D eigenvalue weighted by Crippen LogP contribution is 2.34. The Balaban J connectivity index is 0.950. The Labute approximate surface area is 314 Å². The third-order valence-corrected chi connectivity index (χ3v) is 9.56. The lowest BCUT2D eigenvalue weighted by molar-refractivity contribution is -0.142. The first-order valence-electron chi connectivity index (χ1n) is 17.7. The average molecular weight is 769 g/mol. The Morgan fingerprint density at radius 2 is 1.73 bits per heavy atom. The normalized spacial score (nSPS) is 20.3. The van der Waals surface area contributed by atoms with Gasteiger partial charge in [-0.3, -0.25) is 24.0 Å². The summed E-state index contributed by atoms with van der Waals surface area (Å²) in [5.74, 6) is -7.63. The molecule has 294 valence electrons. The fraction of sp³-hybridized carbons (Fsp3) is 0.486. The Bertz CT molecular complexity index is 1820. The van der Waals surface area contributed by atoms with Gasteiger partial charge in [0, 0.05) is 56.8 Å². The summed E-state index contributed by atoms with van der Waals surface area (Å²) < 4.78 is 38.5. The fourth-order valence-corrected chi connectivity index (χ4v) is 6.65. The van der Waals surface area contributed by atoms with Crippen LogP contribution in [0.2, 0.25) is 0 Å². The zero-order valence-corrected chi connectivity index (χ0v) is 29.8. The number of alkyl halides is 2. The summed E-state index contributed by atoms with van der Waals surface area (Å²) in [4.78, 5) is 77.5. The Morgan fingerprint density at radius 3 is 2.44 bits per heavy atom. The van der Waals surface area contributed by atoms with Crippen LogP contribution in [0, 0.1) is 17.2 Å². The quantitative estimate of drug-likeness (QED) is 0.142. The number of fused-ring (bicyclic) bond motifs is 1. The predicted molar refractivity (Wildman–Crippen MR) is 186 cm³/mol. The van der Waals surface area contributed by atoms with Gasteiger partial charge < -0.3 is 45.4 Å². The van der Waals surface area contributed by atoms with Crippen LogP contribution in [-0.4, -0.2) is 119 Å². The molecule has 0 saturated carbocycles. The molecular weight excluding hydrogens is 726 g/mol. The lowest BCUT2D eigenvalue weighted by atomic mass is 9.99. The van der Waals surface area contributed by atoms with E-state index in [1.165, 1.54) is 17.0 Å². The highest BCUT2D eigenvalue weighted by atomic mass is 19.3. The second-order valence-electron chi connectivity index (χ2n) is 13.7. The van der Waals surface area contributed by atoms with Crippen molar-refractivity contribution in [3.05, 3.63) is 64.7 Å². The second kappa shape index (κ2) is 18.1. The van der Waals surface area contributed by atoms with E-state index in [4.69, 9.17) is 9.47 Å². The maximum atomic E-state index is 13.8. The van der Waals surface area contributed by atoms with E-state index in [1.54, 1.807) is 36.4 Å². The van der Waals surface area contributed by atoms with Crippen LogP contribution in [-0.2, 0) is 53.0 Å². The zero-order chi connectivity index (χ0) is 39.7. The molecule has 18 heteroatoms.